The summed E-state index contributed by atoms with van der Waals surface area (Å²) in [7, 11) is 0. The van der Waals surface area contributed by atoms with Crippen LogP contribution in [-0.2, 0) is 0 Å². The summed E-state index contributed by atoms with van der Waals surface area (Å²) in [5.41, 5.74) is 0. The number of nitrogens with one attached hydrogen (secondary N) is 1. The molecule has 1 fully saturated rings. The predicted octanol–water partition coefficient (Wildman–Crippen LogP) is 0.950. The molecule has 1 saturated heterocycles. The highest BCUT2D eigenvalue weighted by Crippen LogP contribution is 2.04. The van der Waals surface area contributed by atoms with Crippen molar-refractivity contribution in [3.63, 3.8) is 0 Å². The second-order valence-corrected chi connectivity index (χ2v) is 3.36. The molecule has 12 heavy (non-hydrogen) atoms. The van der Waals surface area contributed by atoms with E-state index in [0.717, 1.165) is 6.04 Å². The van der Waals surface area contributed by atoms with Gasteiger partial charge < -0.3 is 16.7 Å². The monoisotopic (exact) mass is 168 g/mol. The molecular formula is C10H20N2. The SMILES string of the molecule is CCC1CCCC[NH+]1CC.[C-]#N. The highest BCUT2D eigenvalue weighted by Gasteiger charge is 2.21. The minimum absolute atomic E-state index is 0.985. The molecule has 0 saturated carbocycles. The zero-order valence-electron chi connectivity index (χ0n) is 8.27. The first-order valence-corrected chi connectivity index (χ1v) is 4.95. The second kappa shape index (κ2) is 7.12. The van der Waals surface area contributed by atoms with E-state index >= 15 is 0 Å². The largest absolute Gasteiger partial charge is 0.512 e. The van der Waals surface area contributed by atoms with E-state index in [1.165, 1.54) is 38.8 Å². The Morgan fingerprint density at radius 3 is 2.42 bits per heavy atom. The van der Waals surface area contributed by atoms with Gasteiger partial charge in [0.1, 0.15) is 0 Å². The summed E-state index contributed by atoms with van der Waals surface area (Å²) in [5.74, 6) is 0. The van der Waals surface area contributed by atoms with E-state index in [-0.39, 0.29) is 0 Å². The fourth-order valence-corrected chi connectivity index (χ4v) is 2.11. The van der Waals surface area contributed by atoms with Gasteiger partial charge in [-0.3, -0.25) is 0 Å². The normalized spacial score (nSPS) is 28.7. The Hall–Kier alpha value is -0.550. The Labute approximate surface area is 76.2 Å². The minimum atomic E-state index is 0.985. The van der Waals surface area contributed by atoms with Crippen molar-refractivity contribution in [2.24, 2.45) is 0 Å². The summed E-state index contributed by atoms with van der Waals surface area (Å²) in [4.78, 5) is 1.84. The highest BCUT2D eigenvalue weighted by atomic mass is 15.1. The molecule has 0 spiro atoms. The Morgan fingerprint density at radius 2 is 2.00 bits per heavy atom. The third-order valence-electron chi connectivity index (χ3n) is 2.82. The average Bonchev–Trinajstić information content (AvgIpc) is 2.20. The molecule has 1 N–H and O–H groups in total. The van der Waals surface area contributed by atoms with Crippen molar-refractivity contribution < 1.29 is 4.90 Å². The van der Waals surface area contributed by atoms with Crippen LogP contribution in [0.2, 0.25) is 0 Å². The maximum atomic E-state index is 6.25. The topological polar surface area (TPSA) is 28.2 Å². The van der Waals surface area contributed by atoms with E-state index in [9.17, 15) is 0 Å². The summed E-state index contributed by atoms with van der Waals surface area (Å²) in [6.07, 6.45) is 5.78. The summed E-state index contributed by atoms with van der Waals surface area (Å²) < 4.78 is 0. The van der Waals surface area contributed by atoms with Crippen LogP contribution in [0.5, 0.6) is 0 Å². The molecule has 2 nitrogen and oxygen atoms in total. The Bertz CT molecular complexity index is 108. The molecule has 0 aromatic rings. The molecule has 0 aromatic carbocycles. The van der Waals surface area contributed by atoms with Crippen LogP contribution in [-0.4, -0.2) is 19.1 Å². The first kappa shape index (κ1) is 11.4. The number of piperidine rings is 1. The van der Waals surface area contributed by atoms with Crippen LogP contribution in [0.25, 0.3) is 0 Å². The van der Waals surface area contributed by atoms with Gasteiger partial charge in [0.05, 0.1) is 19.1 Å². The van der Waals surface area contributed by atoms with Crippen LogP contribution in [0, 0.1) is 11.8 Å². The van der Waals surface area contributed by atoms with Gasteiger partial charge in [0.2, 0.25) is 0 Å². The molecule has 2 unspecified atom stereocenters. The fraction of sp³-hybridized carbons (Fsp3) is 0.900. The summed E-state index contributed by atoms with van der Waals surface area (Å²) in [5, 5.41) is 6.25. The lowest BCUT2D eigenvalue weighted by molar-refractivity contribution is -0.929. The highest BCUT2D eigenvalue weighted by molar-refractivity contribution is 4.58. The number of hydrogen-bond acceptors (Lipinski definition) is 1. The van der Waals surface area contributed by atoms with Crippen molar-refractivity contribution in [3.8, 4) is 0 Å². The number of rotatable bonds is 2. The van der Waals surface area contributed by atoms with Crippen molar-refractivity contribution in [2.75, 3.05) is 13.1 Å². The van der Waals surface area contributed by atoms with Gasteiger partial charge in [-0.25, -0.2) is 0 Å². The van der Waals surface area contributed by atoms with Crippen LogP contribution in [0.1, 0.15) is 39.5 Å². The van der Waals surface area contributed by atoms with Crippen molar-refractivity contribution >= 4 is 0 Å². The molecule has 0 amide bonds. The Balaban J connectivity index is 0.000000561. The maximum absolute atomic E-state index is 6.25. The van der Waals surface area contributed by atoms with E-state index < -0.39 is 0 Å². The van der Waals surface area contributed by atoms with Crippen molar-refractivity contribution in [1.29, 1.82) is 5.26 Å². The lowest BCUT2D eigenvalue weighted by Crippen LogP contribution is -3.16. The van der Waals surface area contributed by atoms with Gasteiger partial charge in [0.15, 0.2) is 0 Å². The van der Waals surface area contributed by atoms with E-state index in [4.69, 9.17) is 11.8 Å². The summed E-state index contributed by atoms with van der Waals surface area (Å²) >= 11 is 0. The molecule has 70 valence electrons. The zero-order valence-corrected chi connectivity index (χ0v) is 8.27. The van der Waals surface area contributed by atoms with E-state index in [1.54, 1.807) is 0 Å². The third kappa shape index (κ3) is 3.23. The van der Waals surface area contributed by atoms with Gasteiger partial charge in [0, 0.05) is 0 Å². The van der Waals surface area contributed by atoms with E-state index in [2.05, 4.69) is 13.8 Å². The third-order valence-corrected chi connectivity index (χ3v) is 2.82. The van der Waals surface area contributed by atoms with Crippen LogP contribution in [0.4, 0.5) is 0 Å². The van der Waals surface area contributed by atoms with Crippen LogP contribution < -0.4 is 4.90 Å². The van der Waals surface area contributed by atoms with Gasteiger partial charge in [-0.2, -0.15) is 0 Å². The van der Waals surface area contributed by atoms with Gasteiger partial charge in [-0.05, 0) is 32.6 Å². The van der Waals surface area contributed by atoms with Crippen molar-refractivity contribution in [3.05, 3.63) is 6.57 Å². The van der Waals surface area contributed by atoms with Gasteiger partial charge in [-0.15, -0.1) is 0 Å². The molecular weight excluding hydrogens is 148 g/mol. The van der Waals surface area contributed by atoms with Crippen LogP contribution in [0.3, 0.4) is 0 Å². The molecule has 0 aromatic heterocycles. The first-order chi connectivity index (χ1) is 5.88. The van der Waals surface area contributed by atoms with Crippen LogP contribution >= 0.6 is 0 Å². The number of nitrogens with zero attached hydrogens (tertiary/aromatic N) is 1. The van der Waals surface area contributed by atoms with E-state index in [1.807, 2.05) is 4.90 Å². The molecule has 1 rings (SSSR count). The van der Waals surface area contributed by atoms with Crippen molar-refractivity contribution in [1.82, 2.24) is 0 Å². The lowest BCUT2D eigenvalue weighted by Gasteiger charge is -2.30. The molecule has 1 aliphatic rings. The van der Waals surface area contributed by atoms with Crippen molar-refractivity contribution in [2.45, 2.75) is 45.6 Å². The molecule has 0 aliphatic carbocycles. The standard InChI is InChI=1S/C9H19N.CN/c1-3-9-7-5-6-8-10(9)4-2;1-2/h9H,3-8H2,1-2H3;/q;-1/p+1. The number of likely N-dealkylation sites (tertiary alicyclic amines) is 1. The molecule has 2 atom stereocenters. The molecule has 1 aliphatic heterocycles. The van der Waals surface area contributed by atoms with Gasteiger partial charge in [-0.1, -0.05) is 6.92 Å². The maximum Gasteiger partial charge on any atom is 0.0871 e. The summed E-state index contributed by atoms with van der Waals surface area (Å²) in [6, 6.07) is 0.985. The lowest BCUT2D eigenvalue weighted by atomic mass is 10.0. The Kier molecular flexibility index (Phi) is 6.79. The molecule has 1 heterocycles. The minimum Gasteiger partial charge on any atom is -0.512 e. The Morgan fingerprint density at radius 1 is 1.33 bits per heavy atom. The van der Waals surface area contributed by atoms with Crippen LogP contribution in [0.15, 0.2) is 0 Å². The molecule has 0 bridgehead atoms. The molecule has 2 heteroatoms. The van der Waals surface area contributed by atoms with Gasteiger partial charge >= 0.3 is 0 Å². The zero-order chi connectivity index (χ0) is 9.40. The average molecular weight is 168 g/mol. The van der Waals surface area contributed by atoms with Gasteiger partial charge in [0.25, 0.3) is 0 Å². The number of hydrogen-bond donors (Lipinski definition) is 1. The van der Waals surface area contributed by atoms with E-state index in [0.29, 0.717) is 0 Å². The number of quaternary nitrogens is 1. The quantitative estimate of drug-likeness (QED) is 0.611. The second-order valence-electron chi connectivity index (χ2n) is 3.36. The smallest absolute Gasteiger partial charge is 0.0871 e. The molecule has 0 radical (unpaired) electrons. The summed E-state index contributed by atoms with van der Waals surface area (Å²) in [6.45, 7) is 12.1. The predicted molar refractivity (Wildman–Crippen MR) is 49.3 cm³/mol. The first-order valence-electron chi connectivity index (χ1n) is 4.95. The fourth-order valence-electron chi connectivity index (χ4n) is 2.11.